The number of imide groups is 1. The number of esters is 1. The highest BCUT2D eigenvalue weighted by atomic mass is 35.5. The molecule has 2 aliphatic heterocycles. The third kappa shape index (κ3) is 2.73. The lowest BCUT2D eigenvalue weighted by Crippen LogP contribution is -2.34. The van der Waals surface area contributed by atoms with Gasteiger partial charge in [0.05, 0.1) is 22.4 Å². The van der Waals surface area contributed by atoms with E-state index in [-0.39, 0.29) is 22.4 Å². The molecule has 0 saturated carbocycles. The minimum atomic E-state index is -0.853. The molecule has 1 aromatic carbocycles. The van der Waals surface area contributed by atoms with Crippen molar-refractivity contribution in [2.24, 2.45) is 0 Å². The second-order valence-corrected chi connectivity index (χ2v) is 7.21. The standard InChI is InChI=1S/C15H14ClFN2O4S/c1-7(2)23-14(21)8-5-11(10(17)6-9(8)16)19-12(20)13-18(15(19)22)3-4-24-13/h5-7,13H,3-4H2,1-2H3. The van der Waals surface area contributed by atoms with E-state index in [1.165, 1.54) is 16.7 Å². The molecule has 3 amide bonds. The van der Waals surface area contributed by atoms with Crippen LogP contribution in [0.4, 0.5) is 14.9 Å². The average molecular weight is 373 g/mol. The molecule has 2 aliphatic rings. The Hall–Kier alpha value is -1.80. The third-order valence-corrected chi connectivity index (χ3v) is 5.10. The van der Waals surface area contributed by atoms with Crippen LogP contribution in [0, 0.1) is 5.82 Å². The molecule has 0 spiro atoms. The van der Waals surface area contributed by atoms with E-state index in [2.05, 4.69) is 0 Å². The van der Waals surface area contributed by atoms with E-state index < -0.39 is 29.1 Å². The molecule has 0 N–H and O–H groups in total. The van der Waals surface area contributed by atoms with Crippen LogP contribution in [0.2, 0.25) is 5.02 Å². The van der Waals surface area contributed by atoms with Crippen LogP contribution in [-0.2, 0) is 9.53 Å². The Morgan fingerprint density at radius 2 is 2.12 bits per heavy atom. The molecule has 2 fully saturated rings. The van der Waals surface area contributed by atoms with Crippen molar-refractivity contribution in [2.75, 3.05) is 17.2 Å². The molecular formula is C15H14ClFN2O4S. The number of halogens is 2. The number of thioether (sulfide) groups is 1. The van der Waals surface area contributed by atoms with Crippen molar-refractivity contribution < 1.29 is 23.5 Å². The zero-order valence-corrected chi connectivity index (χ0v) is 14.5. The van der Waals surface area contributed by atoms with E-state index in [9.17, 15) is 18.8 Å². The van der Waals surface area contributed by atoms with Gasteiger partial charge in [0.25, 0.3) is 5.91 Å². The molecule has 6 nitrogen and oxygen atoms in total. The Bertz CT molecular complexity index is 720. The lowest BCUT2D eigenvalue weighted by atomic mass is 10.1. The molecular weight excluding hydrogens is 359 g/mol. The summed E-state index contributed by atoms with van der Waals surface area (Å²) in [6, 6.07) is 1.40. The highest BCUT2D eigenvalue weighted by molar-refractivity contribution is 8.00. The predicted octanol–water partition coefficient (Wildman–Crippen LogP) is 2.89. The maximum atomic E-state index is 14.3. The summed E-state index contributed by atoms with van der Waals surface area (Å²) < 4.78 is 19.4. The SMILES string of the molecule is CC(C)OC(=O)c1cc(N2C(=O)C3SCCN3C2=O)c(F)cc1Cl. The molecule has 0 aliphatic carbocycles. The first-order valence-corrected chi connectivity index (χ1v) is 8.70. The monoisotopic (exact) mass is 372 g/mol. The fraction of sp³-hybridized carbons (Fsp3) is 0.400. The average Bonchev–Trinajstić information content (AvgIpc) is 3.04. The third-order valence-electron chi connectivity index (χ3n) is 3.60. The minimum Gasteiger partial charge on any atom is -0.459 e. The van der Waals surface area contributed by atoms with E-state index in [1.54, 1.807) is 13.8 Å². The van der Waals surface area contributed by atoms with Crippen molar-refractivity contribution in [3.8, 4) is 0 Å². The summed E-state index contributed by atoms with van der Waals surface area (Å²) in [4.78, 5) is 39.0. The molecule has 1 aromatic rings. The van der Waals surface area contributed by atoms with E-state index >= 15 is 0 Å². The maximum Gasteiger partial charge on any atom is 0.339 e. The number of fused-ring (bicyclic) bond motifs is 1. The highest BCUT2D eigenvalue weighted by Gasteiger charge is 2.49. The first-order valence-electron chi connectivity index (χ1n) is 7.27. The number of anilines is 1. The number of ether oxygens (including phenoxy) is 1. The summed E-state index contributed by atoms with van der Waals surface area (Å²) in [6.45, 7) is 3.75. The van der Waals surface area contributed by atoms with Crippen molar-refractivity contribution in [3.63, 3.8) is 0 Å². The fourth-order valence-corrected chi connectivity index (χ4v) is 3.94. The Balaban J connectivity index is 2.01. The second-order valence-electron chi connectivity index (χ2n) is 5.61. The van der Waals surface area contributed by atoms with Crippen LogP contribution in [0.3, 0.4) is 0 Å². The van der Waals surface area contributed by atoms with Gasteiger partial charge >= 0.3 is 12.0 Å². The van der Waals surface area contributed by atoms with E-state index in [0.717, 1.165) is 17.0 Å². The number of hydrogen-bond donors (Lipinski definition) is 0. The summed E-state index contributed by atoms with van der Waals surface area (Å²) in [5.41, 5.74) is -0.387. The summed E-state index contributed by atoms with van der Waals surface area (Å²) in [6.07, 6.45) is -0.390. The fourth-order valence-electron chi connectivity index (χ4n) is 2.57. The topological polar surface area (TPSA) is 66.9 Å². The van der Waals surface area contributed by atoms with Crippen molar-refractivity contribution in [1.29, 1.82) is 0 Å². The number of urea groups is 1. The van der Waals surface area contributed by atoms with Crippen LogP contribution in [0.1, 0.15) is 24.2 Å². The zero-order valence-electron chi connectivity index (χ0n) is 12.9. The maximum absolute atomic E-state index is 14.3. The normalized spacial score (nSPS) is 20.1. The Morgan fingerprint density at radius 1 is 1.42 bits per heavy atom. The van der Waals surface area contributed by atoms with Crippen molar-refractivity contribution in [1.82, 2.24) is 4.90 Å². The molecule has 9 heteroatoms. The van der Waals surface area contributed by atoms with Crippen LogP contribution in [0.5, 0.6) is 0 Å². The molecule has 0 aromatic heterocycles. The van der Waals surface area contributed by atoms with E-state index in [0.29, 0.717) is 12.3 Å². The number of nitrogens with zero attached hydrogens (tertiary/aromatic N) is 2. The van der Waals surface area contributed by atoms with Gasteiger partial charge in [0.2, 0.25) is 0 Å². The predicted molar refractivity (Wildman–Crippen MR) is 87.8 cm³/mol. The summed E-state index contributed by atoms with van der Waals surface area (Å²) in [5.74, 6) is -1.46. The summed E-state index contributed by atoms with van der Waals surface area (Å²) >= 11 is 7.24. The van der Waals surface area contributed by atoms with Gasteiger partial charge in [0.1, 0.15) is 5.82 Å². The van der Waals surface area contributed by atoms with Crippen molar-refractivity contribution in [3.05, 3.63) is 28.5 Å². The Kier molecular flexibility index (Phi) is 4.44. The number of carbonyl (C=O) groups excluding carboxylic acids is 3. The van der Waals surface area contributed by atoms with Gasteiger partial charge in [-0.3, -0.25) is 4.79 Å². The van der Waals surface area contributed by atoms with Gasteiger partial charge in [0, 0.05) is 12.3 Å². The van der Waals surface area contributed by atoms with Gasteiger partial charge < -0.3 is 9.64 Å². The molecule has 2 saturated heterocycles. The molecule has 24 heavy (non-hydrogen) atoms. The minimum absolute atomic E-state index is 0.0953. The van der Waals surface area contributed by atoms with E-state index in [1.807, 2.05) is 0 Å². The lowest BCUT2D eigenvalue weighted by molar-refractivity contribution is -0.117. The van der Waals surface area contributed by atoms with Crippen molar-refractivity contribution >= 4 is 47.0 Å². The Morgan fingerprint density at radius 3 is 2.75 bits per heavy atom. The van der Waals surface area contributed by atoms with Gasteiger partial charge in [-0.2, -0.15) is 0 Å². The van der Waals surface area contributed by atoms with Gasteiger partial charge in [-0.1, -0.05) is 11.6 Å². The van der Waals surface area contributed by atoms with Crippen LogP contribution >= 0.6 is 23.4 Å². The highest BCUT2D eigenvalue weighted by Crippen LogP contribution is 2.37. The molecule has 0 bridgehead atoms. The molecule has 1 atom stereocenters. The van der Waals surface area contributed by atoms with Crippen LogP contribution in [0.25, 0.3) is 0 Å². The zero-order chi connectivity index (χ0) is 17.6. The lowest BCUT2D eigenvalue weighted by Gasteiger charge is -2.18. The van der Waals surface area contributed by atoms with Crippen molar-refractivity contribution in [2.45, 2.75) is 25.3 Å². The van der Waals surface area contributed by atoms with Gasteiger partial charge in [0.15, 0.2) is 5.37 Å². The van der Waals surface area contributed by atoms with Crippen LogP contribution in [-0.4, -0.2) is 46.6 Å². The number of benzene rings is 1. The molecule has 128 valence electrons. The smallest absolute Gasteiger partial charge is 0.339 e. The van der Waals surface area contributed by atoms with Crippen LogP contribution in [0.15, 0.2) is 12.1 Å². The number of hydrogen-bond acceptors (Lipinski definition) is 5. The number of amides is 3. The largest absolute Gasteiger partial charge is 0.459 e. The molecule has 1 unspecified atom stereocenters. The van der Waals surface area contributed by atoms with Gasteiger partial charge in [-0.15, -0.1) is 11.8 Å². The number of rotatable bonds is 3. The van der Waals surface area contributed by atoms with Gasteiger partial charge in [-0.05, 0) is 26.0 Å². The van der Waals surface area contributed by atoms with Crippen LogP contribution < -0.4 is 4.90 Å². The molecule has 3 rings (SSSR count). The molecule has 0 radical (unpaired) electrons. The second kappa shape index (κ2) is 6.25. The first-order chi connectivity index (χ1) is 11.3. The van der Waals surface area contributed by atoms with E-state index in [4.69, 9.17) is 16.3 Å². The summed E-state index contributed by atoms with van der Waals surface area (Å²) in [5, 5.41) is -0.783. The first kappa shape index (κ1) is 17.0. The quantitative estimate of drug-likeness (QED) is 0.603. The Labute approximate surface area is 146 Å². The molecule has 2 heterocycles. The number of carbonyl (C=O) groups is 3. The van der Waals surface area contributed by atoms with Gasteiger partial charge in [-0.25, -0.2) is 18.9 Å². The summed E-state index contributed by atoms with van der Waals surface area (Å²) in [7, 11) is 0.